The molecule has 0 aliphatic carbocycles. The molecule has 1 aromatic rings. The first-order valence-corrected chi connectivity index (χ1v) is 6.41. The van der Waals surface area contributed by atoms with E-state index in [0.717, 1.165) is 6.54 Å². The van der Waals surface area contributed by atoms with Gasteiger partial charge in [-0.1, -0.05) is 26.0 Å². The van der Waals surface area contributed by atoms with Crippen LogP contribution < -0.4 is 5.32 Å². The molecule has 0 aromatic heterocycles. The second kappa shape index (κ2) is 6.71. The fourth-order valence-corrected chi connectivity index (χ4v) is 2.18. The molecule has 0 spiro atoms. The van der Waals surface area contributed by atoms with Crippen LogP contribution in [0.1, 0.15) is 26.3 Å². The van der Waals surface area contributed by atoms with Gasteiger partial charge in [0.15, 0.2) is 0 Å². The number of hydrogen-bond donors (Lipinski definition) is 1. The Bertz CT molecular complexity index is 332. The molecule has 16 heavy (non-hydrogen) atoms. The van der Waals surface area contributed by atoms with E-state index in [1.54, 1.807) is 6.92 Å². The van der Waals surface area contributed by atoms with Crippen molar-refractivity contribution in [3.63, 3.8) is 0 Å². The standard InChI is InChI=1S/C13H19NOS/c1-10(2)16-13-6-4-12(5-7-13)9-14-8-11(3)15/h4-7,10,14H,8-9H2,1-3H3. The van der Waals surface area contributed by atoms with Crippen LogP contribution in [0.2, 0.25) is 0 Å². The first kappa shape index (κ1) is 13.3. The molecule has 0 atom stereocenters. The number of ketones is 1. The molecule has 1 rings (SSSR count). The van der Waals surface area contributed by atoms with Gasteiger partial charge in [0.2, 0.25) is 0 Å². The lowest BCUT2D eigenvalue weighted by atomic mass is 10.2. The Labute approximate surface area is 102 Å². The van der Waals surface area contributed by atoms with Crippen LogP contribution in [-0.4, -0.2) is 17.6 Å². The highest BCUT2D eigenvalue weighted by molar-refractivity contribution is 7.99. The number of nitrogens with one attached hydrogen (secondary N) is 1. The molecule has 0 aliphatic heterocycles. The van der Waals surface area contributed by atoms with Gasteiger partial charge in [-0.2, -0.15) is 0 Å². The lowest BCUT2D eigenvalue weighted by molar-refractivity contribution is -0.116. The molecule has 1 N–H and O–H groups in total. The Kier molecular flexibility index (Phi) is 5.56. The molecule has 0 aliphatic rings. The Hall–Kier alpha value is -0.800. The molecule has 0 fully saturated rings. The minimum Gasteiger partial charge on any atom is -0.306 e. The summed E-state index contributed by atoms with van der Waals surface area (Å²) in [5.74, 6) is 0.173. The van der Waals surface area contributed by atoms with E-state index in [9.17, 15) is 4.79 Å². The summed E-state index contributed by atoms with van der Waals surface area (Å²) in [7, 11) is 0. The van der Waals surface area contributed by atoms with Crippen molar-refractivity contribution in [2.45, 2.75) is 37.5 Å². The van der Waals surface area contributed by atoms with Crippen LogP contribution >= 0.6 is 11.8 Å². The molecule has 1 aromatic carbocycles. The van der Waals surface area contributed by atoms with E-state index < -0.39 is 0 Å². The van der Waals surface area contributed by atoms with E-state index >= 15 is 0 Å². The Morgan fingerprint density at radius 2 is 1.94 bits per heavy atom. The summed E-state index contributed by atoms with van der Waals surface area (Å²) in [6, 6.07) is 8.49. The molecule has 3 heteroatoms. The highest BCUT2D eigenvalue weighted by atomic mass is 32.2. The van der Waals surface area contributed by atoms with Crippen molar-refractivity contribution in [3.05, 3.63) is 29.8 Å². The average molecular weight is 237 g/mol. The Morgan fingerprint density at radius 1 is 1.31 bits per heavy atom. The monoisotopic (exact) mass is 237 g/mol. The molecule has 0 radical (unpaired) electrons. The zero-order valence-electron chi connectivity index (χ0n) is 10.1. The zero-order valence-corrected chi connectivity index (χ0v) is 10.9. The first-order chi connectivity index (χ1) is 7.58. The van der Waals surface area contributed by atoms with Gasteiger partial charge in [0.1, 0.15) is 5.78 Å². The summed E-state index contributed by atoms with van der Waals surface area (Å²) < 4.78 is 0. The highest BCUT2D eigenvalue weighted by Crippen LogP contribution is 2.22. The second-order valence-electron chi connectivity index (χ2n) is 4.12. The maximum Gasteiger partial charge on any atom is 0.143 e. The fraction of sp³-hybridized carbons (Fsp3) is 0.462. The van der Waals surface area contributed by atoms with Crippen LogP contribution in [0, 0.1) is 0 Å². The molecule has 0 bridgehead atoms. The Morgan fingerprint density at radius 3 is 2.44 bits per heavy atom. The average Bonchev–Trinajstić information content (AvgIpc) is 2.19. The second-order valence-corrected chi connectivity index (χ2v) is 5.77. The number of benzene rings is 1. The van der Waals surface area contributed by atoms with Gasteiger partial charge in [-0.05, 0) is 24.6 Å². The number of Topliss-reactive ketones (excluding diaryl/α,β-unsaturated/α-hetero) is 1. The van der Waals surface area contributed by atoms with E-state index in [1.165, 1.54) is 10.5 Å². The van der Waals surface area contributed by atoms with Crippen LogP contribution in [0.3, 0.4) is 0 Å². The van der Waals surface area contributed by atoms with Gasteiger partial charge in [-0.15, -0.1) is 11.8 Å². The minimum absolute atomic E-state index is 0.173. The summed E-state index contributed by atoms with van der Waals surface area (Å²) in [5, 5.41) is 3.72. The van der Waals surface area contributed by atoms with E-state index in [1.807, 2.05) is 11.8 Å². The predicted octanol–water partition coefficient (Wildman–Crippen LogP) is 2.87. The fourth-order valence-electron chi connectivity index (χ4n) is 1.34. The van der Waals surface area contributed by atoms with Crippen molar-refractivity contribution in [2.24, 2.45) is 0 Å². The molecule has 0 unspecified atom stereocenters. The molecular weight excluding hydrogens is 218 g/mol. The predicted molar refractivity (Wildman–Crippen MR) is 69.8 cm³/mol. The molecular formula is C13H19NOS. The lowest BCUT2D eigenvalue weighted by Crippen LogP contribution is -2.20. The van der Waals surface area contributed by atoms with Gasteiger partial charge in [0.05, 0.1) is 6.54 Å². The number of carbonyl (C=O) groups is 1. The van der Waals surface area contributed by atoms with Crippen molar-refractivity contribution >= 4 is 17.5 Å². The number of rotatable bonds is 6. The molecule has 0 amide bonds. The number of carbonyl (C=O) groups excluding carboxylic acids is 1. The molecule has 88 valence electrons. The number of hydrogen-bond acceptors (Lipinski definition) is 3. The van der Waals surface area contributed by atoms with E-state index in [4.69, 9.17) is 0 Å². The smallest absolute Gasteiger partial charge is 0.143 e. The Balaban J connectivity index is 2.42. The van der Waals surface area contributed by atoms with Gasteiger partial charge in [-0.25, -0.2) is 0 Å². The van der Waals surface area contributed by atoms with Crippen molar-refractivity contribution in [2.75, 3.05) is 6.54 Å². The highest BCUT2D eigenvalue weighted by Gasteiger charge is 1.99. The van der Waals surface area contributed by atoms with Gasteiger partial charge in [0.25, 0.3) is 0 Å². The molecule has 2 nitrogen and oxygen atoms in total. The van der Waals surface area contributed by atoms with Crippen LogP contribution in [0.15, 0.2) is 29.2 Å². The lowest BCUT2D eigenvalue weighted by Gasteiger charge is -2.06. The zero-order chi connectivity index (χ0) is 12.0. The summed E-state index contributed by atoms with van der Waals surface area (Å²) >= 11 is 1.86. The van der Waals surface area contributed by atoms with Crippen molar-refractivity contribution in [1.29, 1.82) is 0 Å². The first-order valence-electron chi connectivity index (χ1n) is 5.53. The third kappa shape index (κ3) is 5.33. The summed E-state index contributed by atoms with van der Waals surface area (Å²) in [6.07, 6.45) is 0. The normalized spacial score (nSPS) is 10.8. The van der Waals surface area contributed by atoms with E-state index in [0.29, 0.717) is 11.8 Å². The summed E-state index contributed by atoms with van der Waals surface area (Å²) in [5.41, 5.74) is 1.22. The molecule has 0 heterocycles. The van der Waals surface area contributed by atoms with Crippen LogP contribution in [0.4, 0.5) is 0 Å². The van der Waals surface area contributed by atoms with Crippen molar-refractivity contribution < 1.29 is 4.79 Å². The topological polar surface area (TPSA) is 29.1 Å². The molecule has 0 saturated carbocycles. The van der Waals surface area contributed by atoms with E-state index in [-0.39, 0.29) is 5.78 Å². The summed E-state index contributed by atoms with van der Waals surface area (Å²) in [4.78, 5) is 12.0. The quantitative estimate of drug-likeness (QED) is 0.771. The third-order valence-corrected chi connectivity index (χ3v) is 3.01. The summed E-state index contributed by atoms with van der Waals surface area (Å²) in [6.45, 7) is 7.17. The maximum atomic E-state index is 10.7. The number of thioether (sulfide) groups is 1. The van der Waals surface area contributed by atoms with Crippen molar-refractivity contribution in [3.8, 4) is 0 Å². The van der Waals surface area contributed by atoms with Gasteiger partial charge in [0, 0.05) is 16.7 Å². The largest absolute Gasteiger partial charge is 0.306 e. The maximum absolute atomic E-state index is 10.7. The van der Waals surface area contributed by atoms with Gasteiger partial charge >= 0.3 is 0 Å². The molecule has 0 saturated heterocycles. The van der Waals surface area contributed by atoms with Gasteiger partial charge < -0.3 is 5.32 Å². The van der Waals surface area contributed by atoms with Crippen LogP contribution in [0.5, 0.6) is 0 Å². The van der Waals surface area contributed by atoms with Crippen LogP contribution in [-0.2, 0) is 11.3 Å². The van der Waals surface area contributed by atoms with E-state index in [2.05, 4.69) is 43.4 Å². The van der Waals surface area contributed by atoms with Gasteiger partial charge in [-0.3, -0.25) is 4.79 Å². The van der Waals surface area contributed by atoms with Crippen LogP contribution in [0.25, 0.3) is 0 Å². The minimum atomic E-state index is 0.173. The third-order valence-electron chi connectivity index (χ3n) is 2.00. The van der Waals surface area contributed by atoms with Crippen molar-refractivity contribution in [1.82, 2.24) is 5.32 Å². The SMILES string of the molecule is CC(=O)CNCc1ccc(SC(C)C)cc1.